The largest absolute Gasteiger partial charge is 0.451 e. The first kappa shape index (κ1) is 18.1. The van der Waals surface area contributed by atoms with Crippen LogP contribution in [0.25, 0.3) is 9.88 Å². The van der Waals surface area contributed by atoms with Gasteiger partial charge in [0, 0.05) is 11.4 Å². The number of carbonyl (C=O) groups is 3. The molecule has 9 heteroatoms. The standard InChI is InChI=1S/C15H17N3O4S2/c1-9(2)17-12(19)6-16-13(20)7-22-15(21)10-8-24-14(18-10)11-4-3-5-23-11/h3-5,8-9H,6-7H2,1-2H3,(H,16,20)(H,17,19). The van der Waals surface area contributed by atoms with E-state index in [4.69, 9.17) is 4.74 Å². The van der Waals surface area contributed by atoms with Gasteiger partial charge in [-0.25, -0.2) is 9.78 Å². The predicted octanol–water partition coefficient (Wildman–Crippen LogP) is 1.67. The van der Waals surface area contributed by atoms with Crippen molar-refractivity contribution in [1.29, 1.82) is 0 Å². The Morgan fingerprint density at radius 2 is 2.04 bits per heavy atom. The van der Waals surface area contributed by atoms with Gasteiger partial charge in [-0.1, -0.05) is 6.07 Å². The van der Waals surface area contributed by atoms with Crippen LogP contribution in [0, 0.1) is 0 Å². The summed E-state index contributed by atoms with van der Waals surface area (Å²) in [7, 11) is 0. The number of rotatable bonds is 7. The van der Waals surface area contributed by atoms with Crippen LogP contribution in [0.4, 0.5) is 0 Å². The predicted molar refractivity (Wildman–Crippen MR) is 92.0 cm³/mol. The van der Waals surface area contributed by atoms with Crippen molar-refractivity contribution in [3.63, 3.8) is 0 Å². The highest BCUT2D eigenvalue weighted by Crippen LogP contribution is 2.27. The number of thiophene rings is 1. The molecule has 7 nitrogen and oxygen atoms in total. The molecule has 0 fully saturated rings. The van der Waals surface area contributed by atoms with Crippen LogP contribution in [0.5, 0.6) is 0 Å². The minimum atomic E-state index is -0.671. The Hall–Kier alpha value is -2.26. The fourth-order valence-electron chi connectivity index (χ4n) is 1.69. The Bertz CT molecular complexity index is 710. The van der Waals surface area contributed by atoms with Gasteiger partial charge in [0.15, 0.2) is 12.3 Å². The summed E-state index contributed by atoms with van der Waals surface area (Å²) in [5, 5.41) is 9.26. The van der Waals surface area contributed by atoms with E-state index < -0.39 is 18.5 Å². The first-order valence-corrected chi connectivity index (χ1v) is 8.94. The fourth-order valence-corrected chi connectivity index (χ4v) is 3.29. The molecule has 0 unspecified atom stereocenters. The second-order valence-corrected chi connectivity index (χ2v) is 6.90. The molecule has 2 aromatic rings. The summed E-state index contributed by atoms with van der Waals surface area (Å²) in [6.07, 6.45) is 0. The average Bonchev–Trinajstić information content (AvgIpc) is 3.20. The molecule has 0 bridgehead atoms. The molecule has 0 radical (unpaired) electrons. The fraction of sp³-hybridized carbons (Fsp3) is 0.333. The van der Waals surface area contributed by atoms with Crippen LogP contribution in [-0.4, -0.2) is 42.0 Å². The summed E-state index contributed by atoms with van der Waals surface area (Å²) in [5.74, 6) is -1.52. The van der Waals surface area contributed by atoms with E-state index in [2.05, 4.69) is 15.6 Å². The number of amides is 2. The Labute approximate surface area is 147 Å². The Kier molecular flexibility index (Phi) is 6.44. The first-order chi connectivity index (χ1) is 11.5. The highest BCUT2D eigenvalue weighted by atomic mass is 32.1. The van der Waals surface area contributed by atoms with Crippen molar-refractivity contribution >= 4 is 40.5 Å². The Balaban J connectivity index is 1.77. The van der Waals surface area contributed by atoms with Gasteiger partial charge in [-0.05, 0) is 25.3 Å². The number of nitrogens with one attached hydrogen (secondary N) is 2. The van der Waals surface area contributed by atoms with Crippen LogP contribution in [0.3, 0.4) is 0 Å². The van der Waals surface area contributed by atoms with Crippen LogP contribution >= 0.6 is 22.7 Å². The van der Waals surface area contributed by atoms with Crippen molar-refractivity contribution in [3.05, 3.63) is 28.6 Å². The lowest BCUT2D eigenvalue weighted by atomic mass is 10.4. The maximum Gasteiger partial charge on any atom is 0.358 e. The lowest BCUT2D eigenvalue weighted by Crippen LogP contribution is -2.41. The molecule has 0 saturated heterocycles. The topological polar surface area (TPSA) is 97.4 Å². The Morgan fingerprint density at radius 3 is 2.71 bits per heavy atom. The van der Waals surface area contributed by atoms with Crippen LogP contribution < -0.4 is 10.6 Å². The number of hydrogen-bond acceptors (Lipinski definition) is 7. The van der Waals surface area contributed by atoms with Gasteiger partial charge in [0.05, 0.1) is 11.4 Å². The van der Waals surface area contributed by atoms with Gasteiger partial charge >= 0.3 is 5.97 Å². The highest BCUT2D eigenvalue weighted by Gasteiger charge is 2.15. The van der Waals surface area contributed by atoms with E-state index in [-0.39, 0.29) is 24.2 Å². The number of hydrogen-bond donors (Lipinski definition) is 2. The minimum Gasteiger partial charge on any atom is -0.451 e. The van der Waals surface area contributed by atoms with E-state index in [0.29, 0.717) is 0 Å². The molecular formula is C15H17N3O4S2. The van der Waals surface area contributed by atoms with Crippen LogP contribution in [-0.2, 0) is 14.3 Å². The van der Waals surface area contributed by atoms with Crippen molar-refractivity contribution in [2.75, 3.05) is 13.2 Å². The van der Waals surface area contributed by atoms with Gasteiger partial charge in [0.25, 0.3) is 5.91 Å². The van der Waals surface area contributed by atoms with E-state index >= 15 is 0 Å². The minimum absolute atomic E-state index is 0.00515. The van der Waals surface area contributed by atoms with Gasteiger partial charge in [-0.2, -0.15) is 0 Å². The van der Waals surface area contributed by atoms with E-state index in [9.17, 15) is 14.4 Å². The van der Waals surface area contributed by atoms with Gasteiger partial charge in [-0.15, -0.1) is 22.7 Å². The zero-order valence-electron chi connectivity index (χ0n) is 13.2. The van der Waals surface area contributed by atoms with Crippen LogP contribution in [0.1, 0.15) is 24.3 Å². The number of carbonyl (C=O) groups excluding carboxylic acids is 3. The molecule has 128 valence electrons. The lowest BCUT2D eigenvalue weighted by molar-refractivity contribution is -0.128. The molecule has 0 aliphatic carbocycles. The van der Waals surface area contributed by atoms with Gasteiger partial charge in [-0.3, -0.25) is 9.59 Å². The summed E-state index contributed by atoms with van der Waals surface area (Å²) in [6, 6.07) is 3.81. The maximum absolute atomic E-state index is 11.9. The molecule has 0 spiro atoms. The number of nitrogens with zero attached hydrogens (tertiary/aromatic N) is 1. The molecule has 2 aromatic heterocycles. The van der Waals surface area contributed by atoms with E-state index in [1.807, 2.05) is 31.4 Å². The summed E-state index contributed by atoms with van der Waals surface area (Å²) in [6.45, 7) is 3.02. The third kappa shape index (κ3) is 5.43. The van der Waals surface area contributed by atoms with Crippen molar-refractivity contribution in [2.45, 2.75) is 19.9 Å². The number of ether oxygens (including phenoxy) is 1. The summed E-state index contributed by atoms with van der Waals surface area (Å²) < 4.78 is 4.90. The SMILES string of the molecule is CC(C)NC(=O)CNC(=O)COC(=O)c1csc(-c2cccs2)n1. The van der Waals surface area contributed by atoms with Crippen molar-refractivity contribution in [1.82, 2.24) is 15.6 Å². The van der Waals surface area contributed by atoms with Crippen LogP contribution in [0.15, 0.2) is 22.9 Å². The molecule has 2 N–H and O–H groups in total. The second-order valence-electron chi connectivity index (χ2n) is 5.09. The van der Waals surface area contributed by atoms with Crippen molar-refractivity contribution in [3.8, 4) is 9.88 Å². The maximum atomic E-state index is 11.9. The van der Waals surface area contributed by atoms with E-state index in [1.54, 1.807) is 5.38 Å². The molecule has 0 aliphatic heterocycles. The quantitative estimate of drug-likeness (QED) is 0.726. The summed E-state index contributed by atoms with van der Waals surface area (Å²) in [4.78, 5) is 40.0. The lowest BCUT2D eigenvalue weighted by Gasteiger charge is -2.09. The third-order valence-corrected chi connectivity index (χ3v) is 4.56. The first-order valence-electron chi connectivity index (χ1n) is 7.18. The molecule has 0 atom stereocenters. The number of esters is 1. The van der Waals surface area contributed by atoms with Gasteiger partial charge < -0.3 is 15.4 Å². The third-order valence-electron chi connectivity index (χ3n) is 2.68. The molecule has 0 aliphatic rings. The molecule has 2 heterocycles. The summed E-state index contributed by atoms with van der Waals surface area (Å²) in [5.41, 5.74) is 0.161. The highest BCUT2D eigenvalue weighted by molar-refractivity contribution is 7.20. The smallest absolute Gasteiger partial charge is 0.358 e. The monoisotopic (exact) mass is 367 g/mol. The molecule has 2 amide bonds. The van der Waals surface area contributed by atoms with Crippen molar-refractivity contribution in [2.24, 2.45) is 0 Å². The number of thiazole rings is 1. The van der Waals surface area contributed by atoms with E-state index in [0.717, 1.165) is 9.88 Å². The molecule has 0 aromatic carbocycles. The van der Waals surface area contributed by atoms with E-state index in [1.165, 1.54) is 22.7 Å². The van der Waals surface area contributed by atoms with Gasteiger partial charge in [0.1, 0.15) is 5.01 Å². The van der Waals surface area contributed by atoms with Crippen LogP contribution in [0.2, 0.25) is 0 Å². The van der Waals surface area contributed by atoms with Crippen molar-refractivity contribution < 1.29 is 19.1 Å². The summed E-state index contributed by atoms with van der Waals surface area (Å²) >= 11 is 2.86. The molecular weight excluding hydrogens is 350 g/mol. The zero-order valence-corrected chi connectivity index (χ0v) is 14.8. The Morgan fingerprint density at radius 1 is 1.25 bits per heavy atom. The average molecular weight is 367 g/mol. The molecule has 24 heavy (non-hydrogen) atoms. The normalized spacial score (nSPS) is 10.5. The zero-order chi connectivity index (χ0) is 17.5. The molecule has 0 saturated carbocycles. The van der Waals surface area contributed by atoms with Gasteiger partial charge in [0.2, 0.25) is 5.91 Å². The molecule has 2 rings (SSSR count). The number of aromatic nitrogens is 1. The second kappa shape index (κ2) is 8.55.